The van der Waals surface area contributed by atoms with Gasteiger partial charge in [0.05, 0.1) is 25.4 Å². The summed E-state index contributed by atoms with van der Waals surface area (Å²) >= 11 is 0. The predicted octanol–water partition coefficient (Wildman–Crippen LogP) is 8.99. The second-order valence-electron chi connectivity index (χ2n) is 12.3. The molecule has 0 bridgehead atoms. The van der Waals surface area contributed by atoms with E-state index >= 15 is 0 Å². The third-order valence-corrected chi connectivity index (χ3v) is 8.03. The lowest BCUT2D eigenvalue weighted by atomic mass is 10.1. The summed E-state index contributed by atoms with van der Waals surface area (Å²) in [7, 11) is 0. The molecule has 4 aromatic rings. The summed E-state index contributed by atoms with van der Waals surface area (Å²) in [6.07, 6.45) is 12.2. The molecule has 6 nitrogen and oxygen atoms in total. The highest BCUT2D eigenvalue weighted by molar-refractivity contribution is 5.71. The molecular formula is C41H44O6. The monoisotopic (exact) mass is 632 g/mol. The van der Waals surface area contributed by atoms with Gasteiger partial charge in [-0.15, -0.1) is 0 Å². The zero-order valence-electron chi connectivity index (χ0n) is 27.3. The highest BCUT2D eigenvalue weighted by Gasteiger charge is 2.23. The van der Waals surface area contributed by atoms with Gasteiger partial charge in [-0.2, -0.15) is 0 Å². The van der Waals surface area contributed by atoms with Crippen molar-refractivity contribution >= 4 is 24.3 Å². The second-order valence-corrected chi connectivity index (χ2v) is 12.3. The van der Waals surface area contributed by atoms with E-state index in [-0.39, 0.29) is 24.4 Å². The van der Waals surface area contributed by atoms with Gasteiger partial charge < -0.3 is 28.4 Å². The Morgan fingerprint density at radius 2 is 0.809 bits per heavy atom. The van der Waals surface area contributed by atoms with E-state index in [2.05, 4.69) is 86.7 Å². The number of hydrogen-bond acceptors (Lipinski definition) is 6. The van der Waals surface area contributed by atoms with Crippen LogP contribution in [0.2, 0.25) is 0 Å². The number of ether oxygens (including phenoxy) is 6. The SMILES string of the molecule is CC(CCCC(C)Oc1ccc(C=Cc2ccc(OCC3CO3)cc2)cc1)Oc1ccc(C=Cc2ccc(OCC3CO3)cc2)cc1. The zero-order chi connectivity index (χ0) is 32.3. The molecule has 2 fully saturated rings. The van der Waals surface area contributed by atoms with Crippen molar-refractivity contribution in [2.45, 2.75) is 57.5 Å². The lowest BCUT2D eigenvalue weighted by molar-refractivity contribution is 0.179. The largest absolute Gasteiger partial charge is 0.491 e. The van der Waals surface area contributed by atoms with Gasteiger partial charge in [-0.25, -0.2) is 0 Å². The Balaban J connectivity index is 0.862. The summed E-state index contributed by atoms with van der Waals surface area (Å²) in [6.45, 7) is 7.11. The van der Waals surface area contributed by atoms with Gasteiger partial charge in [-0.1, -0.05) is 72.8 Å². The van der Waals surface area contributed by atoms with E-state index in [1.54, 1.807) is 0 Å². The van der Waals surface area contributed by atoms with Gasteiger partial charge in [-0.05, 0) is 104 Å². The van der Waals surface area contributed by atoms with E-state index < -0.39 is 0 Å². The van der Waals surface area contributed by atoms with Crippen LogP contribution < -0.4 is 18.9 Å². The lowest BCUT2D eigenvalue weighted by Gasteiger charge is -2.18. The van der Waals surface area contributed by atoms with Gasteiger partial charge >= 0.3 is 0 Å². The van der Waals surface area contributed by atoms with Gasteiger partial charge in [0.15, 0.2) is 0 Å². The first-order chi connectivity index (χ1) is 23.0. The van der Waals surface area contributed by atoms with Crippen LogP contribution in [0.1, 0.15) is 55.4 Å². The van der Waals surface area contributed by atoms with Crippen LogP contribution in [0.4, 0.5) is 0 Å². The van der Waals surface area contributed by atoms with Crippen molar-refractivity contribution < 1.29 is 28.4 Å². The fourth-order valence-electron chi connectivity index (χ4n) is 5.03. The van der Waals surface area contributed by atoms with Gasteiger partial charge in [0.25, 0.3) is 0 Å². The Morgan fingerprint density at radius 3 is 1.11 bits per heavy atom. The molecule has 0 radical (unpaired) electrons. The topological polar surface area (TPSA) is 62.0 Å². The maximum absolute atomic E-state index is 6.18. The van der Waals surface area contributed by atoms with Crippen LogP contribution in [0.3, 0.4) is 0 Å². The summed E-state index contributed by atoms with van der Waals surface area (Å²) in [5, 5.41) is 0. The van der Waals surface area contributed by atoms with Crippen LogP contribution in [0.5, 0.6) is 23.0 Å². The molecule has 0 amide bonds. The maximum atomic E-state index is 6.18. The fourth-order valence-corrected chi connectivity index (χ4v) is 5.03. The molecule has 4 atom stereocenters. The summed E-state index contributed by atoms with van der Waals surface area (Å²) in [6, 6.07) is 32.7. The molecular weight excluding hydrogens is 588 g/mol. The van der Waals surface area contributed by atoms with Gasteiger partial charge in [0, 0.05) is 0 Å². The quantitative estimate of drug-likeness (QED) is 0.0806. The van der Waals surface area contributed by atoms with E-state index in [0.29, 0.717) is 13.2 Å². The Hall–Kier alpha value is -4.52. The summed E-state index contributed by atoms with van der Waals surface area (Å²) in [4.78, 5) is 0. The molecule has 2 aliphatic heterocycles. The molecule has 47 heavy (non-hydrogen) atoms. The van der Waals surface area contributed by atoms with Crippen LogP contribution in [0, 0.1) is 0 Å². The third-order valence-electron chi connectivity index (χ3n) is 8.03. The molecule has 0 aliphatic carbocycles. The average molecular weight is 633 g/mol. The van der Waals surface area contributed by atoms with Crippen molar-refractivity contribution in [1.82, 2.24) is 0 Å². The first-order valence-corrected chi connectivity index (χ1v) is 16.6. The highest BCUT2D eigenvalue weighted by atomic mass is 16.6. The lowest BCUT2D eigenvalue weighted by Crippen LogP contribution is -2.15. The first kappa shape index (κ1) is 32.4. The van der Waals surface area contributed by atoms with E-state index in [9.17, 15) is 0 Å². The minimum absolute atomic E-state index is 0.128. The van der Waals surface area contributed by atoms with Crippen molar-refractivity contribution in [2.24, 2.45) is 0 Å². The number of rotatable bonds is 18. The zero-order valence-corrected chi connectivity index (χ0v) is 27.3. The molecule has 6 rings (SSSR count). The van der Waals surface area contributed by atoms with Crippen molar-refractivity contribution in [1.29, 1.82) is 0 Å². The summed E-state index contributed by atoms with van der Waals surface area (Å²) in [5.41, 5.74) is 4.51. The van der Waals surface area contributed by atoms with Crippen LogP contribution >= 0.6 is 0 Å². The average Bonchev–Trinajstić information content (AvgIpc) is 4.03. The molecule has 0 aromatic heterocycles. The molecule has 4 unspecified atom stereocenters. The molecule has 2 aliphatic rings. The van der Waals surface area contributed by atoms with Gasteiger partial charge in [-0.3, -0.25) is 0 Å². The predicted molar refractivity (Wildman–Crippen MR) is 188 cm³/mol. The van der Waals surface area contributed by atoms with Crippen LogP contribution in [-0.4, -0.2) is 50.8 Å². The van der Waals surface area contributed by atoms with Gasteiger partial charge in [0.2, 0.25) is 0 Å². The standard InChI is InChI=1S/C41H44O6/c1-30(46-38-22-14-34(15-23-38)8-6-32-10-18-36(19-11-32)42-26-40-28-44-40)4-3-5-31(2)47-39-24-16-35(17-25-39)9-7-33-12-20-37(21-13-33)43-27-41-29-45-41/h6-25,30-31,40-41H,3-5,26-29H2,1-2H3. The van der Waals surface area contributed by atoms with E-state index in [1.165, 1.54) is 0 Å². The molecule has 6 heteroatoms. The van der Waals surface area contributed by atoms with Crippen molar-refractivity contribution in [2.75, 3.05) is 26.4 Å². The fraction of sp³-hybridized carbons (Fsp3) is 0.317. The van der Waals surface area contributed by atoms with Crippen molar-refractivity contribution in [3.05, 3.63) is 119 Å². The number of benzene rings is 4. The van der Waals surface area contributed by atoms with Gasteiger partial charge in [0.1, 0.15) is 48.4 Å². The normalized spacial score (nSPS) is 18.2. The molecule has 0 spiro atoms. The summed E-state index contributed by atoms with van der Waals surface area (Å²) in [5.74, 6) is 3.52. The Morgan fingerprint density at radius 1 is 0.511 bits per heavy atom. The number of hydrogen-bond donors (Lipinski definition) is 0. The van der Waals surface area contributed by atoms with E-state index in [1.807, 2.05) is 48.5 Å². The smallest absolute Gasteiger partial charge is 0.119 e. The molecule has 0 N–H and O–H groups in total. The molecule has 2 heterocycles. The van der Waals surface area contributed by atoms with Crippen LogP contribution in [0.15, 0.2) is 97.1 Å². The first-order valence-electron chi connectivity index (χ1n) is 16.6. The Kier molecular flexibility index (Phi) is 11.3. The Bertz CT molecular complexity index is 1450. The minimum Gasteiger partial charge on any atom is -0.491 e. The highest BCUT2D eigenvalue weighted by Crippen LogP contribution is 2.22. The molecule has 4 aromatic carbocycles. The molecule has 0 saturated carbocycles. The van der Waals surface area contributed by atoms with Crippen LogP contribution in [0.25, 0.3) is 24.3 Å². The Labute approximate surface area is 278 Å². The van der Waals surface area contributed by atoms with E-state index in [0.717, 1.165) is 77.7 Å². The van der Waals surface area contributed by atoms with E-state index in [4.69, 9.17) is 28.4 Å². The van der Waals surface area contributed by atoms with Crippen LogP contribution in [-0.2, 0) is 9.47 Å². The second kappa shape index (κ2) is 16.3. The summed E-state index contributed by atoms with van der Waals surface area (Å²) < 4.78 is 34.2. The molecule has 244 valence electrons. The molecule has 2 saturated heterocycles. The minimum atomic E-state index is 0.128. The van der Waals surface area contributed by atoms with Crippen molar-refractivity contribution in [3.63, 3.8) is 0 Å². The maximum Gasteiger partial charge on any atom is 0.119 e. The third kappa shape index (κ3) is 11.3. The number of epoxide rings is 2. The van der Waals surface area contributed by atoms with Crippen molar-refractivity contribution in [3.8, 4) is 23.0 Å².